The zero-order chi connectivity index (χ0) is 12.3. The van der Waals surface area contributed by atoms with E-state index in [-0.39, 0.29) is 11.8 Å². The lowest BCUT2D eigenvalue weighted by Crippen LogP contribution is -2.45. The third-order valence-electron chi connectivity index (χ3n) is 2.57. The van der Waals surface area contributed by atoms with E-state index in [0.29, 0.717) is 25.2 Å². The molecule has 1 rings (SSSR count). The topological polar surface area (TPSA) is 87.0 Å². The Morgan fingerprint density at radius 3 is 2.69 bits per heavy atom. The van der Waals surface area contributed by atoms with Crippen LogP contribution in [0.3, 0.4) is 0 Å². The second-order valence-electron chi connectivity index (χ2n) is 4.15. The number of hydrogen-bond acceptors (Lipinski definition) is 5. The minimum Gasteiger partial charge on any atom is -0.411 e. The molecule has 7 heteroatoms. The van der Waals surface area contributed by atoms with Crippen molar-refractivity contribution in [1.82, 2.24) is 4.90 Å². The average Bonchev–Trinajstić information content (AvgIpc) is 2.15. The van der Waals surface area contributed by atoms with Gasteiger partial charge in [-0.3, -0.25) is 4.79 Å². The molecule has 1 aliphatic heterocycles. The number of oxime groups is 1. The Morgan fingerprint density at radius 1 is 1.62 bits per heavy atom. The van der Waals surface area contributed by atoms with Gasteiger partial charge in [0.2, 0.25) is 5.91 Å². The van der Waals surface area contributed by atoms with Gasteiger partial charge >= 0.3 is 0 Å². The van der Waals surface area contributed by atoms with Crippen molar-refractivity contribution >= 4 is 21.5 Å². The predicted molar refractivity (Wildman–Crippen MR) is 59.3 cm³/mol. The maximum atomic E-state index is 11.6. The first-order valence-corrected chi connectivity index (χ1v) is 7.06. The van der Waals surface area contributed by atoms with Gasteiger partial charge in [-0.2, -0.15) is 0 Å². The fourth-order valence-electron chi connectivity index (χ4n) is 1.71. The first-order valence-electron chi connectivity index (χ1n) is 5.00. The van der Waals surface area contributed by atoms with Crippen LogP contribution >= 0.6 is 0 Å². The minimum atomic E-state index is -3.28. The van der Waals surface area contributed by atoms with Gasteiger partial charge in [0.25, 0.3) is 0 Å². The standard InChI is InChI=1S/C9H16N2O4S/c1-7-5-11(4-3-8(7)10-13)9(12)6-16(2,14)15/h7,13H,3-6H2,1-2H3. The molecule has 0 aromatic heterocycles. The summed E-state index contributed by atoms with van der Waals surface area (Å²) in [6.07, 6.45) is 1.53. The van der Waals surface area contributed by atoms with Crippen molar-refractivity contribution in [1.29, 1.82) is 0 Å². The fourth-order valence-corrected chi connectivity index (χ4v) is 2.34. The lowest BCUT2D eigenvalue weighted by atomic mass is 9.98. The van der Waals surface area contributed by atoms with Crippen LogP contribution in [0.1, 0.15) is 13.3 Å². The number of likely N-dealkylation sites (tertiary alicyclic amines) is 1. The number of amides is 1. The van der Waals surface area contributed by atoms with E-state index in [2.05, 4.69) is 5.16 Å². The van der Waals surface area contributed by atoms with Gasteiger partial charge in [0.05, 0.1) is 5.71 Å². The largest absolute Gasteiger partial charge is 0.411 e. The number of hydrogen-bond donors (Lipinski definition) is 1. The van der Waals surface area contributed by atoms with Crippen LogP contribution in [0.25, 0.3) is 0 Å². The summed E-state index contributed by atoms with van der Waals surface area (Å²) in [6, 6.07) is 0. The molecule has 0 spiro atoms. The third-order valence-corrected chi connectivity index (χ3v) is 3.34. The Morgan fingerprint density at radius 2 is 2.25 bits per heavy atom. The molecule has 0 aromatic rings. The second kappa shape index (κ2) is 4.82. The fraction of sp³-hybridized carbons (Fsp3) is 0.778. The van der Waals surface area contributed by atoms with E-state index >= 15 is 0 Å². The number of rotatable bonds is 2. The van der Waals surface area contributed by atoms with Gasteiger partial charge < -0.3 is 10.1 Å². The molecule has 92 valence electrons. The quantitative estimate of drug-likeness (QED) is 0.538. The normalized spacial score (nSPS) is 24.8. The molecule has 0 aliphatic carbocycles. The SMILES string of the molecule is CC1CN(C(=O)CS(C)(=O)=O)CCC1=NO. The molecule has 1 N–H and O–H groups in total. The molecule has 1 amide bonds. The van der Waals surface area contributed by atoms with Gasteiger partial charge in [-0.05, 0) is 0 Å². The Balaban J connectivity index is 2.62. The molecule has 16 heavy (non-hydrogen) atoms. The van der Waals surface area contributed by atoms with Crippen LogP contribution < -0.4 is 0 Å². The molecule has 1 saturated heterocycles. The predicted octanol–water partition coefficient (Wildman–Crippen LogP) is -0.270. The molecular weight excluding hydrogens is 232 g/mol. The van der Waals surface area contributed by atoms with E-state index in [1.165, 1.54) is 4.90 Å². The number of carbonyl (C=O) groups excluding carboxylic acids is 1. The lowest BCUT2D eigenvalue weighted by molar-refractivity contribution is -0.129. The van der Waals surface area contributed by atoms with Crippen LogP contribution in [0.4, 0.5) is 0 Å². The van der Waals surface area contributed by atoms with Crippen LogP contribution in [0.2, 0.25) is 0 Å². The van der Waals surface area contributed by atoms with E-state index in [1.54, 1.807) is 0 Å². The summed E-state index contributed by atoms with van der Waals surface area (Å²) in [5.41, 5.74) is 0.656. The average molecular weight is 248 g/mol. The lowest BCUT2D eigenvalue weighted by Gasteiger charge is -2.31. The van der Waals surface area contributed by atoms with Crippen molar-refractivity contribution in [3.05, 3.63) is 0 Å². The van der Waals surface area contributed by atoms with E-state index < -0.39 is 15.6 Å². The molecule has 1 unspecified atom stereocenters. The van der Waals surface area contributed by atoms with Gasteiger partial charge in [0.15, 0.2) is 9.84 Å². The van der Waals surface area contributed by atoms with Crippen LogP contribution in [-0.4, -0.2) is 55.2 Å². The molecule has 1 heterocycles. The van der Waals surface area contributed by atoms with E-state index in [9.17, 15) is 13.2 Å². The third kappa shape index (κ3) is 3.48. The molecule has 1 fully saturated rings. The smallest absolute Gasteiger partial charge is 0.237 e. The van der Waals surface area contributed by atoms with Crippen molar-refractivity contribution in [2.24, 2.45) is 11.1 Å². The molecule has 0 aromatic carbocycles. The van der Waals surface area contributed by atoms with E-state index in [0.717, 1.165) is 6.26 Å². The number of sulfone groups is 1. The molecule has 0 bridgehead atoms. The Bertz CT molecular complexity index is 402. The highest BCUT2D eigenvalue weighted by molar-refractivity contribution is 7.91. The van der Waals surface area contributed by atoms with Gasteiger partial charge in [-0.25, -0.2) is 8.42 Å². The summed E-state index contributed by atoms with van der Waals surface area (Å²) >= 11 is 0. The van der Waals surface area contributed by atoms with Crippen molar-refractivity contribution < 1.29 is 18.4 Å². The van der Waals surface area contributed by atoms with Crippen molar-refractivity contribution in [3.8, 4) is 0 Å². The molecule has 0 saturated carbocycles. The van der Waals surface area contributed by atoms with Crippen molar-refractivity contribution in [3.63, 3.8) is 0 Å². The zero-order valence-corrected chi connectivity index (χ0v) is 10.2. The summed E-state index contributed by atoms with van der Waals surface area (Å²) in [7, 11) is -3.28. The molecule has 1 aliphatic rings. The van der Waals surface area contributed by atoms with Gasteiger partial charge in [0, 0.05) is 31.7 Å². The van der Waals surface area contributed by atoms with Crippen LogP contribution in [0, 0.1) is 5.92 Å². The Labute approximate surface area is 94.8 Å². The second-order valence-corrected chi connectivity index (χ2v) is 6.29. The van der Waals surface area contributed by atoms with Gasteiger partial charge in [0.1, 0.15) is 5.75 Å². The zero-order valence-electron chi connectivity index (χ0n) is 9.38. The van der Waals surface area contributed by atoms with Crippen LogP contribution in [-0.2, 0) is 14.6 Å². The molecule has 0 radical (unpaired) electrons. The summed E-state index contributed by atoms with van der Waals surface area (Å²) in [6.45, 7) is 2.67. The summed E-state index contributed by atoms with van der Waals surface area (Å²) in [5, 5.41) is 11.8. The first-order chi connectivity index (χ1) is 7.33. The first kappa shape index (κ1) is 13.0. The van der Waals surface area contributed by atoms with Gasteiger partial charge in [-0.1, -0.05) is 12.1 Å². The minimum absolute atomic E-state index is 0.0257. The molecular formula is C9H16N2O4S. The van der Waals surface area contributed by atoms with Crippen molar-refractivity contribution in [2.45, 2.75) is 13.3 Å². The number of piperidine rings is 1. The number of carbonyl (C=O) groups is 1. The summed E-state index contributed by atoms with van der Waals surface area (Å²) < 4.78 is 22.0. The highest BCUT2D eigenvalue weighted by Gasteiger charge is 2.27. The number of nitrogens with zero attached hydrogens (tertiary/aromatic N) is 2. The molecule has 6 nitrogen and oxygen atoms in total. The highest BCUT2D eigenvalue weighted by atomic mass is 32.2. The van der Waals surface area contributed by atoms with Crippen LogP contribution in [0.5, 0.6) is 0 Å². The molecule has 1 atom stereocenters. The Hall–Kier alpha value is -1.11. The summed E-state index contributed by atoms with van der Waals surface area (Å²) in [4.78, 5) is 13.1. The van der Waals surface area contributed by atoms with Crippen LogP contribution in [0.15, 0.2) is 5.16 Å². The summed E-state index contributed by atoms with van der Waals surface area (Å²) in [5.74, 6) is -0.862. The van der Waals surface area contributed by atoms with E-state index in [4.69, 9.17) is 5.21 Å². The highest BCUT2D eigenvalue weighted by Crippen LogP contribution is 2.14. The van der Waals surface area contributed by atoms with Gasteiger partial charge in [-0.15, -0.1) is 0 Å². The maximum absolute atomic E-state index is 11.6. The Kier molecular flexibility index (Phi) is 3.90. The van der Waals surface area contributed by atoms with E-state index in [1.807, 2.05) is 6.92 Å². The van der Waals surface area contributed by atoms with Crippen molar-refractivity contribution in [2.75, 3.05) is 25.1 Å². The monoisotopic (exact) mass is 248 g/mol. The maximum Gasteiger partial charge on any atom is 0.237 e.